The molecule has 118 valence electrons. The molecule has 0 aromatic carbocycles. The average Bonchev–Trinajstić information content (AvgIpc) is 3.34. The van der Waals surface area contributed by atoms with Gasteiger partial charge >= 0.3 is 0 Å². The van der Waals surface area contributed by atoms with Gasteiger partial charge in [-0.2, -0.15) is 0 Å². The van der Waals surface area contributed by atoms with E-state index in [0.29, 0.717) is 24.7 Å². The van der Waals surface area contributed by atoms with Crippen molar-refractivity contribution >= 4 is 17.6 Å². The molecule has 1 unspecified atom stereocenters. The fourth-order valence-corrected chi connectivity index (χ4v) is 2.73. The fourth-order valence-electron chi connectivity index (χ4n) is 2.73. The van der Waals surface area contributed by atoms with Crippen molar-refractivity contribution in [2.75, 3.05) is 18.4 Å². The molecule has 3 rings (SSSR count). The van der Waals surface area contributed by atoms with Crippen LogP contribution in [0.3, 0.4) is 0 Å². The number of aliphatic hydroxyl groups is 1. The minimum atomic E-state index is -0.980. The highest BCUT2D eigenvalue weighted by Gasteiger charge is 2.27. The van der Waals surface area contributed by atoms with Gasteiger partial charge in [-0.15, -0.1) is 0 Å². The van der Waals surface area contributed by atoms with Crippen molar-refractivity contribution in [1.29, 1.82) is 0 Å². The van der Waals surface area contributed by atoms with Crippen molar-refractivity contribution in [3.8, 4) is 0 Å². The highest BCUT2D eigenvalue weighted by atomic mass is 16.3. The first-order chi connectivity index (χ1) is 10.6. The summed E-state index contributed by atoms with van der Waals surface area (Å²) in [5.74, 6) is 0.423. The molecule has 1 aromatic heterocycles. The Morgan fingerprint density at radius 1 is 1.32 bits per heavy atom. The molecular formula is C16H21N3O3. The third kappa shape index (κ3) is 3.62. The minimum absolute atomic E-state index is 0.0365. The molecule has 2 N–H and O–H groups in total. The normalized spacial score (nSPS) is 22.3. The molecule has 6 heteroatoms. The smallest absolute Gasteiger partial charge is 0.251 e. The Bertz CT molecular complexity index is 572. The first-order valence-corrected chi connectivity index (χ1v) is 7.87. The quantitative estimate of drug-likeness (QED) is 0.877. The second-order valence-electron chi connectivity index (χ2n) is 6.04. The summed E-state index contributed by atoms with van der Waals surface area (Å²) in [4.78, 5) is 29.9. The zero-order valence-corrected chi connectivity index (χ0v) is 12.5. The Hall–Kier alpha value is -1.95. The van der Waals surface area contributed by atoms with Crippen molar-refractivity contribution in [2.24, 2.45) is 0 Å². The third-order valence-corrected chi connectivity index (χ3v) is 4.12. The second-order valence-corrected chi connectivity index (χ2v) is 6.04. The van der Waals surface area contributed by atoms with Crippen LogP contribution in [0.25, 0.3) is 0 Å². The van der Waals surface area contributed by atoms with Gasteiger partial charge in [0.05, 0.1) is 6.54 Å². The SMILES string of the molecule is O=C(CN1CCCCC(O)C1=O)Nc1cccc(C2CC2)n1. The van der Waals surface area contributed by atoms with E-state index in [1.807, 2.05) is 12.1 Å². The van der Waals surface area contributed by atoms with Gasteiger partial charge < -0.3 is 15.3 Å². The molecule has 2 aliphatic rings. The summed E-state index contributed by atoms with van der Waals surface area (Å²) in [5, 5.41) is 12.4. The van der Waals surface area contributed by atoms with Gasteiger partial charge in [0, 0.05) is 18.2 Å². The van der Waals surface area contributed by atoms with Crippen LogP contribution in [0.15, 0.2) is 18.2 Å². The molecule has 1 aromatic rings. The van der Waals surface area contributed by atoms with Crippen LogP contribution in [0, 0.1) is 0 Å². The Balaban J connectivity index is 1.59. The van der Waals surface area contributed by atoms with Crippen molar-refractivity contribution < 1.29 is 14.7 Å². The predicted octanol–water partition coefficient (Wildman–Crippen LogP) is 1.27. The summed E-state index contributed by atoms with van der Waals surface area (Å²) in [6, 6.07) is 5.61. The number of anilines is 1. The molecule has 6 nitrogen and oxygen atoms in total. The number of rotatable bonds is 4. The molecule has 1 atom stereocenters. The number of hydrogen-bond acceptors (Lipinski definition) is 4. The third-order valence-electron chi connectivity index (χ3n) is 4.12. The van der Waals surface area contributed by atoms with Crippen molar-refractivity contribution in [2.45, 2.75) is 44.1 Å². The van der Waals surface area contributed by atoms with Gasteiger partial charge in [0.25, 0.3) is 5.91 Å². The summed E-state index contributed by atoms with van der Waals surface area (Å²) in [6.45, 7) is 0.476. The number of carbonyl (C=O) groups is 2. The Kier molecular flexibility index (Phi) is 4.38. The van der Waals surface area contributed by atoms with Crippen LogP contribution >= 0.6 is 0 Å². The lowest BCUT2D eigenvalue weighted by molar-refractivity contribution is -0.141. The molecule has 2 heterocycles. The van der Waals surface area contributed by atoms with E-state index in [4.69, 9.17) is 0 Å². The van der Waals surface area contributed by atoms with Crippen molar-refractivity contribution in [3.63, 3.8) is 0 Å². The van der Waals surface area contributed by atoms with Gasteiger partial charge in [0.2, 0.25) is 5.91 Å². The van der Waals surface area contributed by atoms with Gasteiger partial charge in [-0.25, -0.2) is 4.98 Å². The lowest BCUT2D eigenvalue weighted by Gasteiger charge is -2.21. The first kappa shape index (κ1) is 15.0. The number of nitrogens with zero attached hydrogens (tertiary/aromatic N) is 2. The minimum Gasteiger partial charge on any atom is -0.383 e. The van der Waals surface area contributed by atoms with Gasteiger partial charge in [-0.1, -0.05) is 6.07 Å². The maximum atomic E-state index is 12.1. The Morgan fingerprint density at radius 3 is 2.91 bits per heavy atom. The van der Waals surface area contributed by atoms with Crippen molar-refractivity contribution in [3.05, 3.63) is 23.9 Å². The number of hydrogen-bond donors (Lipinski definition) is 2. The highest BCUT2D eigenvalue weighted by Crippen LogP contribution is 2.39. The molecule has 1 saturated heterocycles. The number of likely N-dealkylation sites (tertiary alicyclic amines) is 1. The van der Waals surface area contributed by atoms with E-state index in [1.54, 1.807) is 6.07 Å². The van der Waals surface area contributed by atoms with E-state index in [0.717, 1.165) is 31.4 Å². The Labute approximate surface area is 129 Å². The van der Waals surface area contributed by atoms with Gasteiger partial charge in [-0.05, 0) is 44.2 Å². The largest absolute Gasteiger partial charge is 0.383 e. The van der Waals surface area contributed by atoms with E-state index >= 15 is 0 Å². The number of carbonyl (C=O) groups excluding carboxylic acids is 2. The zero-order chi connectivity index (χ0) is 15.5. The molecule has 1 aliphatic heterocycles. The summed E-state index contributed by atoms with van der Waals surface area (Å²) in [7, 11) is 0. The monoisotopic (exact) mass is 303 g/mol. The van der Waals surface area contributed by atoms with Crippen LogP contribution in [0.4, 0.5) is 5.82 Å². The lowest BCUT2D eigenvalue weighted by atomic mass is 10.2. The molecule has 2 fully saturated rings. The average molecular weight is 303 g/mol. The molecule has 1 aliphatic carbocycles. The van der Waals surface area contributed by atoms with E-state index in [-0.39, 0.29) is 18.4 Å². The number of pyridine rings is 1. The van der Waals surface area contributed by atoms with E-state index in [9.17, 15) is 14.7 Å². The summed E-state index contributed by atoms with van der Waals surface area (Å²) in [5.41, 5.74) is 1.01. The lowest BCUT2D eigenvalue weighted by Crippen LogP contribution is -2.42. The first-order valence-electron chi connectivity index (χ1n) is 7.87. The summed E-state index contributed by atoms with van der Waals surface area (Å²) < 4.78 is 0. The standard InChI is InChI=1S/C16H21N3O3/c20-13-5-1-2-9-19(16(13)22)10-15(21)18-14-6-3-4-12(17-14)11-7-8-11/h3-4,6,11,13,20H,1-2,5,7-10H2,(H,17,18,21). The van der Waals surface area contributed by atoms with Gasteiger partial charge in [-0.3, -0.25) is 9.59 Å². The van der Waals surface area contributed by atoms with E-state index in [2.05, 4.69) is 10.3 Å². The Morgan fingerprint density at radius 2 is 2.14 bits per heavy atom. The van der Waals surface area contributed by atoms with Crippen LogP contribution < -0.4 is 5.32 Å². The van der Waals surface area contributed by atoms with Crippen LogP contribution in [-0.4, -0.2) is 46.0 Å². The predicted molar refractivity (Wildman–Crippen MR) is 81.3 cm³/mol. The molecule has 0 spiro atoms. The zero-order valence-electron chi connectivity index (χ0n) is 12.5. The molecule has 0 bridgehead atoms. The number of nitrogens with one attached hydrogen (secondary N) is 1. The van der Waals surface area contributed by atoms with Crippen LogP contribution in [0.2, 0.25) is 0 Å². The van der Waals surface area contributed by atoms with Gasteiger partial charge in [0.1, 0.15) is 11.9 Å². The van der Waals surface area contributed by atoms with E-state index < -0.39 is 6.10 Å². The number of amides is 2. The van der Waals surface area contributed by atoms with Crippen LogP contribution in [-0.2, 0) is 9.59 Å². The maximum Gasteiger partial charge on any atom is 0.251 e. The van der Waals surface area contributed by atoms with Crippen molar-refractivity contribution in [1.82, 2.24) is 9.88 Å². The molecule has 22 heavy (non-hydrogen) atoms. The number of aliphatic hydroxyl groups excluding tert-OH is 1. The van der Waals surface area contributed by atoms with E-state index in [1.165, 1.54) is 4.90 Å². The fraction of sp³-hybridized carbons (Fsp3) is 0.562. The summed E-state index contributed by atoms with van der Waals surface area (Å²) >= 11 is 0. The topological polar surface area (TPSA) is 82.5 Å². The van der Waals surface area contributed by atoms with Gasteiger partial charge in [0.15, 0.2) is 0 Å². The molecular weight excluding hydrogens is 282 g/mol. The van der Waals surface area contributed by atoms with Crippen LogP contribution in [0.1, 0.15) is 43.7 Å². The summed E-state index contributed by atoms with van der Waals surface area (Å²) in [6.07, 6.45) is 3.42. The van der Waals surface area contributed by atoms with Crippen LogP contribution in [0.5, 0.6) is 0 Å². The molecule has 1 saturated carbocycles. The maximum absolute atomic E-state index is 12.1. The molecule has 0 radical (unpaired) electrons. The number of aromatic nitrogens is 1. The molecule has 2 amide bonds. The second kappa shape index (κ2) is 6.44. The highest BCUT2D eigenvalue weighted by molar-refractivity contribution is 5.94.